The normalized spacial score (nSPS) is 24.0. The van der Waals surface area contributed by atoms with Gasteiger partial charge in [-0.3, -0.25) is 19.2 Å². The van der Waals surface area contributed by atoms with Gasteiger partial charge in [-0.2, -0.15) is 0 Å². The summed E-state index contributed by atoms with van der Waals surface area (Å²) in [6.07, 6.45) is -7.14. The molecule has 1 saturated heterocycles. The van der Waals surface area contributed by atoms with Gasteiger partial charge in [-0.05, 0) is 13.8 Å². The van der Waals surface area contributed by atoms with Crippen LogP contribution < -0.4 is 10.2 Å². The molecule has 0 aliphatic carbocycles. The van der Waals surface area contributed by atoms with E-state index in [-0.39, 0.29) is 16.7 Å². The predicted octanol–water partition coefficient (Wildman–Crippen LogP) is 1.01. The number of hydrogen-bond acceptors (Lipinski definition) is 12. The number of esters is 3. The Hall–Kier alpha value is -3.64. The standard InChI is InChI=1S/C23H26O12/c1-9-6-14(27)18-15(28)7-16(10(2)20(18)31-9)34-23-22(33-13(5)26)21(32-12(4)25)19(29)17(35-23)8-30-11(3)24/h6-7,17,19,21-23,28-29H,8H2,1-5H3. The second kappa shape index (κ2) is 10.3. The first kappa shape index (κ1) is 26.0. The molecule has 5 unspecified atom stereocenters. The van der Waals surface area contributed by atoms with Gasteiger partial charge in [-0.1, -0.05) is 0 Å². The molecule has 12 heteroatoms. The smallest absolute Gasteiger partial charge is 0.303 e. The highest BCUT2D eigenvalue weighted by molar-refractivity contribution is 5.87. The van der Waals surface area contributed by atoms with Crippen molar-refractivity contribution >= 4 is 28.9 Å². The number of aryl methyl sites for hydroxylation is 2. The van der Waals surface area contributed by atoms with E-state index in [1.165, 1.54) is 6.07 Å². The second-order valence-corrected chi connectivity index (χ2v) is 8.05. The molecule has 0 amide bonds. The van der Waals surface area contributed by atoms with Crippen LogP contribution in [0.5, 0.6) is 11.5 Å². The molecule has 5 atom stereocenters. The number of carbonyl (C=O) groups excluding carboxylic acids is 3. The van der Waals surface area contributed by atoms with E-state index in [4.69, 9.17) is 28.1 Å². The molecule has 0 spiro atoms. The molecular weight excluding hydrogens is 468 g/mol. The molecule has 35 heavy (non-hydrogen) atoms. The average Bonchev–Trinajstić information content (AvgIpc) is 2.73. The van der Waals surface area contributed by atoms with Gasteiger partial charge < -0.3 is 38.3 Å². The number of rotatable bonds is 6. The zero-order chi connectivity index (χ0) is 26.0. The molecule has 2 heterocycles. The van der Waals surface area contributed by atoms with Crippen molar-refractivity contribution in [3.05, 3.63) is 33.7 Å². The van der Waals surface area contributed by atoms with Gasteiger partial charge in [-0.25, -0.2) is 0 Å². The number of carbonyl (C=O) groups is 3. The number of phenolic OH excluding ortho intramolecular Hbond substituents is 1. The van der Waals surface area contributed by atoms with Gasteiger partial charge in [0.15, 0.2) is 11.5 Å². The van der Waals surface area contributed by atoms with Gasteiger partial charge in [0.25, 0.3) is 0 Å². The minimum Gasteiger partial charge on any atom is -0.507 e. The lowest BCUT2D eigenvalue weighted by Gasteiger charge is -2.42. The van der Waals surface area contributed by atoms with E-state index in [0.29, 0.717) is 11.3 Å². The Labute approximate surface area is 199 Å². The molecule has 1 aliphatic heterocycles. The Bertz CT molecular complexity index is 1200. The lowest BCUT2D eigenvalue weighted by Crippen LogP contribution is -2.62. The van der Waals surface area contributed by atoms with Crippen molar-refractivity contribution < 1.29 is 52.7 Å². The van der Waals surface area contributed by atoms with Gasteiger partial charge in [0.1, 0.15) is 47.0 Å². The summed E-state index contributed by atoms with van der Waals surface area (Å²) >= 11 is 0. The maximum atomic E-state index is 12.3. The average molecular weight is 494 g/mol. The maximum absolute atomic E-state index is 12.3. The SMILES string of the molecule is CC(=O)OCC1OC(Oc2cc(O)c3c(=O)cc(C)oc3c2C)C(OC(C)=O)C(OC(C)=O)C1O. The van der Waals surface area contributed by atoms with E-state index in [2.05, 4.69) is 0 Å². The summed E-state index contributed by atoms with van der Waals surface area (Å²) < 4.78 is 32.7. The summed E-state index contributed by atoms with van der Waals surface area (Å²) in [4.78, 5) is 47.1. The highest BCUT2D eigenvalue weighted by Gasteiger charge is 2.51. The van der Waals surface area contributed by atoms with Gasteiger partial charge in [0.2, 0.25) is 12.4 Å². The number of aliphatic hydroxyl groups excluding tert-OH is 1. The van der Waals surface area contributed by atoms with Crippen molar-refractivity contribution in [1.29, 1.82) is 0 Å². The van der Waals surface area contributed by atoms with E-state index < -0.39 is 66.4 Å². The summed E-state index contributed by atoms with van der Waals surface area (Å²) in [5, 5.41) is 21.1. The monoisotopic (exact) mass is 494 g/mol. The van der Waals surface area contributed by atoms with Crippen LogP contribution in [0.15, 0.2) is 21.3 Å². The highest BCUT2D eigenvalue weighted by Crippen LogP contribution is 2.36. The molecule has 1 fully saturated rings. The van der Waals surface area contributed by atoms with Crippen LogP contribution in [-0.4, -0.2) is 65.4 Å². The topological polar surface area (TPSA) is 168 Å². The molecule has 3 rings (SSSR count). The lowest BCUT2D eigenvalue weighted by molar-refractivity contribution is -0.285. The van der Waals surface area contributed by atoms with Crippen molar-refractivity contribution in [2.45, 2.75) is 65.3 Å². The number of fused-ring (bicyclic) bond motifs is 1. The second-order valence-electron chi connectivity index (χ2n) is 8.05. The summed E-state index contributed by atoms with van der Waals surface area (Å²) in [5.74, 6) is -2.35. The third kappa shape index (κ3) is 5.72. The van der Waals surface area contributed by atoms with Gasteiger partial charge >= 0.3 is 17.9 Å². The summed E-state index contributed by atoms with van der Waals surface area (Å²) in [7, 11) is 0. The maximum Gasteiger partial charge on any atom is 0.303 e. The molecule has 1 aliphatic rings. The quantitative estimate of drug-likeness (QED) is 0.432. The molecule has 2 N–H and O–H groups in total. The minimum absolute atomic E-state index is 0.00453. The minimum atomic E-state index is -1.55. The predicted molar refractivity (Wildman–Crippen MR) is 117 cm³/mol. The number of ether oxygens (including phenoxy) is 5. The number of aromatic hydroxyl groups is 1. The molecule has 190 valence electrons. The Balaban J connectivity index is 2.06. The number of aliphatic hydroxyl groups is 1. The zero-order valence-electron chi connectivity index (χ0n) is 19.7. The van der Waals surface area contributed by atoms with Crippen molar-refractivity contribution in [1.82, 2.24) is 0 Å². The van der Waals surface area contributed by atoms with Crippen molar-refractivity contribution in [2.75, 3.05) is 6.61 Å². The molecule has 0 saturated carbocycles. The van der Waals surface area contributed by atoms with E-state index in [9.17, 15) is 29.4 Å². The van der Waals surface area contributed by atoms with Crippen molar-refractivity contribution in [2.24, 2.45) is 0 Å². The third-order valence-electron chi connectivity index (χ3n) is 5.22. The first-order valence-corrected chi connectivity index (χ1v) is 10.6. The summed E-state index contributed by atoms with van der Waals surface area (Å²) in [6.45, 7) is 6.07. The fraction of sp³-hybridized carbons (Fsp3) is 0.478. The van der Waals surface area contributed by atoms with E-state index >= 15 is 0 Å². The van der Waals surface area contributed by atoms with Crippen LogP contribution >= 0.6 is 0 Å². The Morgan fingerprint density at radius 3 is 2.23 bits per heavy atom. The van der Waals surface area contributed by atoms with Crippen LogP contribution in [0.4, 0.5) is 0 Å². The molecule has 1 aromatic heterocycles. The van der Waals surface area contributed by atoms with Gasteiger partial charge in [0.05, 0.1) is 0 Å². The van der Waals surface area contributed by atoms with Crippen LogP contribution in [-0.2, 0) is 33.3 Å². The molecule has 12 nitrogen and oxygen atoms in total. The summed E-state index contributed by atoms with van der Waals surface area (Å²) in [6, 6.07) is 2.39. The molecular formula is C23H26O12. The number of benzene rings is 1. The first-order valence-electron chi connectivity index (χ1n) is 10.6. The van der Waals surface area contributed by atoms with Crippen LogP contribution in [0.1, 0.15) is 32.1 Å². The zero-order valence-corrected chi connectivity index (χ0v) is 19.7. The summed E-state index contributed by atoms with van der Waals surface area (Å²) in [5.41, 5.74) is -0.0737. The highest BCUT2D eigenvalue weighted by atomic mass is 16.7. The Morgan fingerprint density at radius 2 is 1.63 bits per heavy atom. The molecule has 1 aromatic carbocycles. The first-order chi connectivity index (χ1) is 16.4. The van der Waals surface area contributed by atoms with E-state index in [1.54, 1.807) is 13.8 Å². The molecule has 0 bridgehead atoms. The van der Waals surface area contributed by atoms with Gasteiger partial charge in [0, 0.05) is 38.5 Å². The molecule has 0 radical (unpaired) electrons. The third-order valence-corrected chi connectivity index (χ3v) is 5.22. The van der Waals surface area contributed by atoms with Crippen LogP contribution in [0, 0.1) is 13.8 Å². The van der Waals surface area contributed by atoms with Crippen molar-refractivity contribution in [3.63, 3.8) is 0 Å². The fourth-order valence-corrected chi connectivity index (χ4v) is 3.75. The van der Waals surface area contributed by atoms with Crippen molar-refractivity contribution in [3.8, 4) is 11.5 Å². The lowest BCUT2D eigenvalue weighted by atomic mass is 9.98. The van der Waals surface area contributed by atoms with Crippen LogP contribution in [0.25, 0.3) is 11.0 Å². The van der Waals surface area contributed by atoms with Gasteiger partial charge in [-0.15, -0.1) is 0 Å². The Kier molecular flexibility index (Phi) is 7.66. The largest absolute Gasteiger partial charge is 0.507 e. The fourth-order valence-electron chi connectivity index (χ4n) is 3.75. The van der Waals surface area contributed by atoms with E-state index in [1.807, 2.05) is 0 Å². The van der Waals surface area contributed by atoms with Crippen LogP contribution in [0.3, 0.4) is 0 Å². The molecule has 2 aromatic rings. The Morgan fingerprint density at radius 1 is 1.00 bits per heavy atom. The van der Waals surface area contributed by atoms with E-state index in [0.717, 1.165) is 26.8 Å². The number of phenols is 1. The van der Waals surface area contributed by atoms with Crippen LogP contribution in [0.2, 0.25) is 0 Å². The number of hydrogen-bond donors (Lipinski definition) is 2.